The van der Waals surface area contributed by atoms with E-state index in [1.54, 1.807) is 0 Å². The van der Waals surface area contributed by atoms with E-state index in [4.69, 9.17) is 0 Å². The molecule has 0 aromatic heterocycles. The predicted molar refractivity (Wildman–Crippen MR) is 66.6 cm³/mol. The molecule has 2 N–H and O–H groups in total. The Hall–Kier alpha value is -0.610. The summed E-state index contributed by atoms with van der Waals surface area (Å²) in [7, 11) is 1.86. The van der Waals surface area contributed by atoms with Crippen LogP contribution >= 0.6 is 0 Å². The summed E-state index contributed by atoms with van der Waals surface area (Å²) in [4.78, 5) is 14.1. The maximum atomic E-state index is 12.3. The second-order valence-corrected chi connectivity index (χ2v) is 5.41. The highest BCUT2D eigenvalue weighted by Crippen LogP contribution is 2.24. The Kier molecular flexibility index (Phi) is 4.40. The molecule has 4 nitrogen and oxygen atoms in total. The van der Waals surface area contributed by atoms with Crippen LogP contribution in [0, 0.1) is 5.92 Å². The van der Waals surface area contributed by atoms with E-state index in [-0.39, 0.29) is 24.0 Å². The van der Waals surface area contributed by atoms with Crippen molar-refractivity contribution in [1.82, 2.24) is 10.2 Å². The van der Waals surface area contributed by atoms with E-state index in [2.05, 4.69) is 5.32 Å². The molecule has 2 unspecified atom stereocenters. The van der Waals surface area contributed by atoms with Crippen LogP contribution in [0.2, 0.25) is 0 Å². The van der Waals surface area contributed by atoms with Gasteiger partial charge in [0.05, 0.1) is 18.1 Å². The standard InChI is InChI=1S/C13H24N2O2/c1-15(11-6-2-3-7-12(11)16)13(17)10-5-4-8-14-9-10/h10-12,14,16H,2-9H2,1H3/t10-,11?,12?/m1/s1. The number of hydrogen-bond donors (Lipinski definition) is 2. The van der Waals surface area contributed by atoms with Crippen molar-refractivity contribution in [2.45, 2.75) is 50.7 Å². The molecule has 1 saturated heterocycles. The van der Waals surface area contributed by atoms with Gasteiger partial charge in [-0.1, -0.05) is 12.8 Å². The van der Waals surface area contributed by atoms with E-state index in [0.29, 0.717) is 0 Å². The molecule has 1 heterocycles. The van der Waals surface area contributed by atoms with Crippen LogP contribution in [0.1, 0.15) is 38.5 Å². The van der Waals surface area contributed by atoms with E-state index in [1.807, 2.05) is 11.9 Å². The summed E-state index contributed by atoms with van der Waals surface area (Å²) in [6, 6.07) is 0.0400. The molecule has 0 bridgehead atoms. The third kappa shape index (κ3) is 2.99. The Labute approximate surface area is 103 Å². The minimum absolute atomic E-state index is 0.0400. The van der Waals surface area contributed by atoms with Crippen molar-refractivity contribution in [3.63, 3.8) is 0 Å². The monoisotopic (exact) mass is 240 g/mol. The molecule has 0 spiro atoms. The van der Waals surface area contributed by atoms with Crippen molar-refractivity contribution >= 4 is 5.91 Å². The van der Waals surface area contributed by atoms with Crippen LogP contribution < -0.4 is 5.32 Å². The number of aliphatic hydroxyl groups excluding tert-OH is 1. The van der Waals surface area contributed by atoms with Crippen molar-refractivity contribution in [3.05, 3.63) is 0 Å². The first-order chi connectivity index (χ1) is 8.20. The Morgan fingerprint density at radius 1 is 1.24 bits per heavy atom. The molecule has 0 radical (unpaired) electrons. The fourth-order valence-electron chi connectivity index (χ4n) is 3.06. The molecule has 2 aliphatic rings. The molecule has 2 fully saturated rings. The van der Waals surface area contributed by atoms with Gasteiger partial charge >= 0.3 is 0 Å². The maximum Gasteiger partial charge on any atom is 0.227 e. The third-order valence-electron chi connectivity index (χ3n) is 4.19. The Morgan fingerprint density at radius 2 is 2.00 bits per heavy atom. The number of nitrogens with zero attached hydrogens (tertiary/aromatic N) is 1. The lowest BCUT2D eigenvalue weighted by Crippen LogP contribution is -2.50. The molecule has 4 heteroatoms. The molecule has 0 aromatic carbocycles. The molecular formula is C13H24N2O2. The van der Waals surface area contributed by atoms with Gasteiger partial charge in [-0.25, -0.2) is 0 Å². The van der Waals surface area contributed by atoms with Crippen LogP contribution in [-0.2, 0) is 4.79 Å². The normalized spacial score (nSPS) is 34.4. The molecule has 2 rings (SSSR count). The van der Waals surface area contributed by atoms with Crippen LogP contribution in [0.15, 0.2) is 0 Å². The number of likely N-dealkylation sites (N-methyl/N-ethyl adjacent to an activating group) is 1. The molecule has 1 aliphatic heterocycles. The van der Waals surface area contributed by atoms with E-state index >= 15 is 0 Å². The SMILES string of the molecule is CN(C(=O)[C@@H]1CCCNC1)C1CCCCC1O. The number of piperidine rings is 1. The van der Waals surface area contributed by atoms with Gasteiger partial charge in [-0.15, -0.1) is 0 Å². The van der Waals surface area contributed by atoms with Gasteiger partial charge in [-0.3, -0.25) is 4.79 Å². The number of amides is 1. The number of carbonyl (C=O) groups is 1. The first-order valence-electron chi connectivity index (χ1n) is 6.85. The van der Waals surface area contributed by atoms with Crippen molar-refractivity contribution in [1.29, 1.82) is 0 Å². The van der Waals surface area contributed by atoms with Crippen LogP contribution in [0.25, 0.3) is 0 Å². The Morgan fingerprint density at radius 3 is 2.65 bits per heavy atom. The minimum Gasteiger partial charge on any atom is -0.391 e. The fraction of sp³-hybridized carbons (Fsp3) is 0.923. The van der Waals surface area contributed by atoms with Gasteiger partial charge in [0.1, 0.15) is 0 Å². The van der Waals surface area contributed by atoms with Crippen molar-refractivity contribution in [3.8, 4) is 0 Å². The Balaban J connectivity index is 1.92. The van der Waals surface area contributed by atoms with E-state index in [0.717, 1.165) is 51.6 Å². The largest absolute Gasteiger partial charge is 0.391 e. The molecule has 0 aromatic rings. The second kappa shape index (κ2) is 5.83. The van der Waals surface area contributed by atoms with Crippen LogP contribution in [0.4, 0.5) is 0 Å². The molecule has 1 saturated carbocycles. The summed E-state index contributed by atoms with van der Waals surface area (Å²) in [6.07, 6.45) is 5.74. The van der Waals surface area contributed by atoms with Gasteiger partial charge in [0, 0.05) is 13.6 Å². The zero-order valence-electron chi connectivity index (χ0n) is 10.7. The summed E-state index contributed by atoms with van der Waals surface area (Å²) in [5.41, 5.74) is 0. The zero-order valence-corrected chi connectivity index (χ0v) is 10.7. The molecule has 1 amide bonds. The Bertz CT molecular complexity index is 264. The summed E-state index contributed by atoms with van der Waals surface area (Å²) in [5.74, 6) is 0.325. The maximum absolute atomic E-state index is 12.3. The van der Waals surface area contributed by atoms with Crippen LogP contribution in [0.5, 0.6) is 0 Å². The lowest BCUT2D eigenvalue weighted by Gasteiger charge is -2.37. The summed E-state index contributed by atoms with van der Waals surface area (Å²) in [6.45, 7) is 1.82. The van der Waals surface area contributed by atoms with E-state index < -0.39 is 0 Å². The topological polar surface area (TPSA) is 52.6 Å². The highest BCUT2D eigenvalue weighted by molar-refractivity contribution is 5.79. The predicted octanol–water partition coefficient (Wildman–Crippen LogP) is 0.748. The van der Waals surface area contributed by atoms with Crippen LogP contribution in [-0.4, -0.2) is 48.2 Å². The molecule has 3 atom stereocenters. The minimum atomic E-state index is -0.325. The van der Waals surface area contributed by atoms with Gasteiger partial charge < -0.3 is 15.3 Å². The highest BCUT2D eigenvalue weighted by atomic mass is 16.3. The molecular weight excluding hydrogens is 216 g/mol. The summed E-state index contributed by atoms with van der Waals surface area (Å²) >= 11 is 0. The van der Waals surface area contributed by atoms with Gasteiger partial charge in [0.2, 0.25) is 5.91 Å². The quantitative estimate of drug-likeness (QED) is 0.749. The number of nitrogens with one attached hydrogen (secondary N) is 1. The molecule has 17 heavy (non-hydrogen) atoms. The lowest BCUT2D eigenvalue weighted by atomic mass is 9.90. The highest BCUT2D eigenvalue weighted by Gasteiger charge is 2.32. The number of carbonyl (C=O) groups excluding carboxylic acids is 1. The van der Waals surface area contributed by atoms with E-state index in [1.165, 1.54) is 0 Å². The first-order valence-corrected chi connectivity index (χ1v) is 6.85. The average molecular weight is 240 g/mol. The van der Waals surface area contributed by atoms with E-state index in [9.17, 15) is 9.90 Å². The van der Waals surface area contributed by atoms with Gasteiger partial charge in [0.15, 0.2) is 0 Å². The van der Waals surface area contributed by atoms with Crippen molar-refractivity contribution < 1.29 is 9.90 Å². The molecule has 1 aliphatic carbocycles. The van der Waals surface area contributed by atoms with Crippen LogP contribution in [0.3, 0.4) is 0 Å². The average Bonchev–Trinajstić information content (AvgIpc) is 2.39. The lowest BCUT2D eigenvalue weighted by molar-refractivity contribution is -0.140. The first kappa shape index (κ1) is 12.8. The number of rotatable bonds is 2. The summed E-state index contributed by atoms with van der Waals surface area (Å²) in [5, 5.41) is 13.3. The van der Waals surface area contributed by atoms with Gasteiger partial charge in [0.25, 0.3) is 0 Å². The number of aliphatic hydroxyl groups is 1. The second-order valence-electron chi connectivity index (χ2n) is 5.41. The zero-order chi connectivity index (χ0) is 12.3. The molecule has 98 valence electrons. The number of hydrogen-bond acceptors (Lipinski definition) is 3. The van der Waals surface area contributed by atoms with Gasteiger partial charge in [-0.2, -0.15) is 0 Å². The van der Waals surface area contributed by atoms with Gasteiger partial charge in [-0.05, 0) is 32.2 Å². The smallest absolute Gasteiger partial charge is 0.227 e. The van der Waals surface area contributed by atoms with Crippen molar-refractivity contribution in [2.24, 2.45) is 5.92 Å². The fourth-order valence-corrected chi connectivity index (χ4v) is 3.06. The summed E-state index contributed by atoms with van der Waals surface area (Å²) < 4.78 is 0. The third-order valence-corrected chi connectivity index (χ3v) is 4.19. The van der Waals surface area contributed by atoms with Crippen molar-refractivity contribution in [2.75, 3.05) is 20.1 Å².